The number of urea groups is 1. The molecule has 1 fully saturated rings. The molecule has 0 bridgehead atoms. The molecule has 1 aliphatic heterocycles. The number of nitrogens with one attached hydrogen (secondary N) is 2. The molecule has 1 atom stereocenters. The summed E-state index contributed by atoms with van der Waals surface area (Å²) in [6.45, 7) is 3.53. The van der Waals surface area contributed by atoms with Gasteiger partial charge in [-0.05, 0) is 26.0 Å². The third kappa shape index (κ3) is 2.96. The van der Waals surface area contributed by atoms with Crippen molar-refractivity contribution in [1.29, 1.82) is 0 Å². The molecule has 1 aromatic rings. The molecule has 1 aromatic carbocycles. The van der Waals surface area contributed by atoms with Crippen LogP contribution in [0.25, 0.3) is 0 Å². The molecule has 2 rings (SSSR count). The number of nitrogens with zero attached hydrogens (tertiary/aromatic N) is 1. The van der Waals surface area contributed by atoms with Gasteiger partial charge < -0.3 is 10.6 Å². The van der Waals surface area contributed by atoms with Gasteiger partial charge in [0.25, 0.3) is 5.91 Å². The van der Waals surface area contributed by atoms with Crippen LogP contribution in [0.5, 0.6) is 0 Å². The summed E-state index contributed by atoms with van der Waals surface area (Å²) in [7, 11) is 0. The average Bonchev–Trinajstić information content (AvgIpc) is 2.65. The summed E-state index contributed by atoms with van der Waals surface area (Å²) >= 11 is 0. The van der Waals surface area contributed by atoms with Crippen LogP contribution in [0.3, 0.4) is 0 Å². The normalized spacial score (nSPS) is 18.6. The van der Waals surface area contributed by atoms with E-state index in [0.717, 1.165) is 0 Å². The number of anilines is 1. The summed E-state index contributed by atoms with van der Waals surface area (Å²) in [5.41, 5.74) is 0.627. The molecule has 6 nitrogen and oxygen atoms in total. The number of rotatable bonds is 3. The highest BCUT2D eigenvalue weighted by molar-refractivity contribution is 6.07. The van der Waals surface area contributed by atoms with Crippen LogP contribution in [0.1, 0.15) is 20.3 Å². The molecule has 4 amide bonds. The maximum absolute atomic E-state index is 12.0. The molecule has 6 heteroatoms. The van der Waals surface area contributed by atoms with Crippen LogP contribution in [0.4, 0.5) is 10.5 Å². The lowest BCUT2D eigenvalue weighted by Crippen LogP contribution is -2.45. The van der Waals surface area contributed by atoms with Gasteiger partial charge in [0, 0.05) is 11.7 Å². The van der Waals surface area contributed by atoms with E-state index in [-0.39, 0.29) is 24.3 Å². The maximum atomic E-state index is 12.0. The van der Waals surface area contributed by atoms with Gasteiger partial charge in [-0.25, -0.2) is 4.79 Å². The molecule has 20 heavy (non-hydrogen) atoms. The first kappa shape index (κ1) is 14.0. The fraction of sp³-hybridized carbons (Fsp3) is 0.357. The number of hydrogen-bond acceptors (Lipinski definition) is 3. The number of amides is 4. The highest BCUT2D eigenvalue weighted by Gasteiger charge is 2.40. The van der Waals surface area contributed by atoms with Gasteiger partial charge >= 0.3 is 6.03 Å². The fourth-order valence-corrected chi connectivity index (χ4v) is 2.15. The first-order chi connectivity index (χ1) is 9.49. The lowest BCUT2D eigenvalue weighted by Gasteiger charge is -2.19. The molecule has 0 radical (unpaired) electrons. The van der Waals surface area contributed by atoms with Crippen molar-refractivity contribution in [2.24, 2.45) is 0 Å². The van der Waals surface area contributed by atoms with E-state index in [9.17, 15) is 14.4 Å². The second kappa shape index (κ2) is 5.73. The first-order valence-electron chi connectivity index (χ1n) is 6.47. The van der Waals surface area contributed by atoms with Crippen LogP contribution in [-0.2, 0) is 9.59 Å². The topological polar surface area (TPSA) is 78.5 Å². The van der Waals surface area contributed by atoms with E-state index < -0.39 is 12.1 Å². The van der Waals surface area contributed by atoms with E-state index in [4.69, 9.17) is 0 Å². The van der Waals surface area contributed by atoms with Gasteiger partial charge in [-0.3, -0.25) is 14.5 Å². The number of imide groups is 1. The van der Waals surface area contributed by atoms with E-state index in [1.54, 1.807) is 38.1 Å². The van der Waals surface area contributed by atoms with Crippen LogP contribution in [0, 0.1) is 0 Å². The number of benzene rings is 1. The van der Waals surface area contributed by atoms with Gasteiger partial charge in [-0.15, -0.1) is 0 Å². The molecule has 1 aliphatic rings. The van der Waals surface area contributed by atoms with Gasteiger partial charge in [0.2, 0.25) is 5.91 Å². The number of para-hydroxylation sites is 1. The number of carbonyl (C=O) groups excluding carboxylic acids is 3. The highest BCUT2D eigenvalue weighted by atomic mass is 16.2. The first-order valence-corrected chi connectivity index (χ1v) is 6.47. The molecular weight excluding hydrogens is 258 g/mol. The highest BCUT2D eigenvalue weighted by Crippen LogP contribution is 2.16. The van der Waals surface area contributed by atoms with Crippen molar-refractivity contribution in [2.45, 2.75) is 32.4 Å². The number of likely N-dealkylation sites (tertiary alicyclic amines) is 1. The minimum atomic E-state index is -0.784. The van der Waals surface area contributed by atoms with E-state index in [1.807, 2.05) is 6.07 Å². The average molecular weight is 275 g/mol. The zero-order chi connectivity index (χ0) is 14.7. The quantitative estimate of drug-likeness (QED) is 0.817. The van der Waals surface area contributed by atoms with Crippen LogP contribution >= 0.6 is 0 Å². The lowest BCUT2D eigenvalue weighted by molar-refractivity contribution is -0.140. The van der Waals surface area contributed by atoms with Crippen LogP contribution < -0.4 is 10.6 Å². The molecule has 1 heterocycles. The maximum Gasteiger partial charge on any atom is 0.319 e. The van der Waals surface area contributed by atoms with E-state index >= 15 is 0 Å². The molecule has 0 saturated carbocycles. The standard InChI is InChI=1S/C14H17N3O3/c1-9(2)17-12(18)8-11(13(17)19)16-14(20)15-10-6-4-3-5-7-10/h3-7,9,11H,8H2,1-2H3,(H2,15,16,20)/t11-/m1/s1. The predicted molar refractivity (Wildman–Crippen MR) is 74.0 cm³/mol. The Bertz CT molecular complexity index is 528. The van der Waals surface area contributed by atoms with E-state index in [1.165, 1.54) is 4.90 Å². The summed E-state index contributed by atoms with van der Waals surface area (Å²) in [6, 6.07) is 7.42. The monoisotopic (exact) mass is 275 g/mol. The zero-order valence-corrected chi connectivity index (χ0v) is 11.4. The van der Waals surface area contributed by atoms with Crippen molar-refractivity contribution < 1.29 is 14.4 Å². The van der Waals surface area contributed by atoms with Crippen LogP contribution in [-0.4, -0.2) is 34.8 Å². The van der Waals surface area contributed by atoms with Crippen molar-refractivity contribution in [2.75, 3.05) is 5.32 Å². The Labute approximate surface area is 117 Å². The molecule has 0 unspecified atom stereocenters. The minimum Gasteiger partial charge on any atom is -0.326 e. The van der Waals surface area contributed by atoms with Crippen molar-refractivity contribution in [3.05, 3.63) is 30.3 Å². The van der Waals surface area contributed by atoms with Gasteiger partial charge in [-0.1, -0.05) is 18.2 Å². The zero-order valence-electron chi connectivity index (χ0n) is 11.4. The van der Waals surface area contributed by atoms with Crippen LogP contribution in [0.2, 0.25) is 0 Å². The Kier molecular flexibility index (Phi) is 4.02. The van der Waals surface area contributed by atoms with Crippen molar-refractivity contribution in [1.82, 2.24) is 10.2 Å². The Morgan fingerprint density at radius 2 is 1.90 bits per heavy atom. The molecule has 1 saturated heterocycles. The predicted octanol–water partition coefficient (Wildman–Crippen LogP) is 1.34. The van der Waals surface area contributed by atoms with Crippen molar-refractivity contribution >= 4 is 23.5 Å². The summed E-state index contributed by atoms with van der Waals surface area (Å²) in [5, 5.41) is 5.15. The molecule has 2 N–H and O–H groups in total. The number of hydrogen-bond donors (Lipinski definition) is 2. The lowest BCUT2D eigenvalue weighted by atomic mass is 10.2. The molecule has 106 valence electrons. The van der Waals surface area contributed by atoms with E-state index in [0.29, 0.717) is 5.69 Å². The van der Waals surface area contributed by atoms with E-state index in [2.05, 4.69) is 10.6 Å². The van der Waals surface area contributed by atoms with Gasteiger partial charge in [0.1, 0.15) is 6.04 Å². The number of carbonyl (C=O) groups is 3. The Morgan fingerprint density at radius 1 is 1.25 bits per heavy atom. The second-order valence-electron chi connectivity index (χ2n) is 4.92. The molecular formula is C14H17N3O3. The summed E-state index contributed by atoms with van der Waals surface area (Å²) in [4.78, 5) is 36.7. The third-order valence-electron chi connectivity index (χ3n) is 3.04. The minimum absolute atomic E-state index is 0.0131. The van der Waals surface area contributed by atoms with Gasteiger partial charge in [0.15, 0.2) is 0 Å². The smallest absolute Gasteiger partial charge is 0.319 e. The Morgan fingerprint density at radius 3 is 2.45 bits per heavy atom. The van der Waals surface area contributed by atoms with Crippen molar-refractivity contribution in [3.8, 4) is 0 Å². The summed E-state index contributed by atoms with van der Waals surface area (Å²) in [5.74, 6) is -0.608. The fourth-order valence-electron chi connectivity index (χ4n) is 2.15. The SMILES string of the molecule is CC(C)N1C(=O)C[C@@H](NC(=O)Nc2ccccc2)C1=O. The van der Waals surface area contributed by atoms with Crippen molar-refractivity contribution in [3.63, 3.8) is 0 Å². The Balaban J connectivity index is 1.96. The Hall–Kier alpha value is -2.37. The molecule has 0 aliphatic carbocycles. The molecule has 0 aromatic heterocycles. The van der Waals surface area contributed by atoms with Gasteiger partial charge in [0.05, 0.1) is 6.42 Å². The molecule has 0 spiro atoms. The van der Waals surface area contributed by atoms with Gasteiger partial charge in [-0.2, -0.15) is 0 Å². The summed E-state index contributed by atoms with van der Waals surface area (Å²) in [6.07, 6.45) is 0.0131. The second-order valence-corrected chi connectivity index (χ2v) is 4.92. The summed E-state index contributed by atoms with van der Waals surface area (Å²) < 4.78 is 0. The largest absolute Gasteiger partial charge is 0.326 e. The van der Waals surface area contributed by atoms with Crippen LogP contribution in [0.15, 0.2) is 30.3 Å². The third-order valence-corrected chi connectivity index (χ3v) is 3.04.